The van der Waals surface area contributed by atoms with Crippen LogP contribution in [0.1, 0.15) is 30.5 Å². The lowest BCUT2D eigenvalue weighted by Gasteiger charge is -2.27. The number of rotatable bonds is 14. The fourth-order valence-electron chi connectivity index (χ4n) is 4.38. The van der Waals surface area contributed by atoms with Gasteiger partial charge in [-0.2, -0.15) is 0 Å². The monoisotopic (exact) mass is 528 g/mol. The maximum Gasteiger partial charge on any atom is 0.243 e. The third-order valence-corrected chi connectivity index (χ3v) is 6.67. The van der Waals surface area contributed by atoms with E-state index in [1.807, 2.05) is 105 Å². The van der Waals surface area contributed by atoms with Crippen molar-refractivity contribution in [1.29, 1.82) is 0 Å². The SMILES string of the molecule is CN[C@@H](Cc1ccccc1)C(=O)N[C@H](C(=O)N[C@@H](Cc1ccccc1)C(=O)NCCc1ccccc1)C(C)C. The molecule has 0 saturated heterocycles. The number of carbonyl (C=O) groups is 3. The number of carbonyl (C=O) groups excluding carboxylic acids is 3. The van der Waals surface area contributed by atoms with Crippen LogP contribution < -0.4 is 21.3 Å². The van der Waals surface area contributed by atoms with Crippen molar-refractivity contribution in [2.75, 3.05) is 13.6 Å². The van der Waals surface area contributed by atoms with Gasteiger partial charge in [0.1, 0.15) is 12.1 Å². The van der Waals surface area contributed by atoms with E-state index in [0.717, 1.165) is 16.7 Å². The largest absolute Gasteiger partial charge is 0.354 e. The molecule has 206 valence electrons. The summed E-state index contributed by atoms with van der Waals surface area (Å²) >= 11 is 0. The highest BCUT2D eigenvalue weighted by Crippen LogP contribution is 2.09. The first-order chi connectivity index (χ1) is 18.9. The molecule has 0 spiro atoms. The molecule has 0 aliphatic carbocycles. The van der Waals surface area contributed by atoms with Crippen molar-refractivity contribution in [3.05, 3.63) is 108 Å². The molecule has 4 N–H and O–H groups in total. The predicted molar refractivity (Wildman–Crippen MR) is 155 cm³/mol. The van der Waals surface area contributed by atoms with E-state index in [0.29, 0.717) is 25.8 Å². The zero-order valence-corrected chi connectivity index (χ0v) is 23.0. The molecule has 3 aromatic rings. The van der Waals surface area contributed by atoms with Crippen LogP contribution in [0.4, 0.5) is 0 Å². The van der Waals surface area contributed by atoms with Crippen molar-refractivity contribution in [3.63, 3.8) is 0 Å². The van der Waals surface area contributed by atoms with E-state index in [4.69, 9.17) is 0 Å². The van der Waals surface area contributed by atoms with Crippen molar-refractivity contribution in [3.8, 4) is 0 Å². The van der Waals surface area contributed by atoms with Crippen LogP contribution in [-0.2, 0) is 33.6 Å². The van der Waals surface area contributed by atoms with Crippen LogP contribution in [0.25, 0.3) is 0 Å². The molecule has 0 aliphatic heterocycles. The van der Waals surface area contributed by atoms with Gasteiger partial charge in [0.25, 0.3) is 0 Å². The molecule has 0 aromatic heterocycles. The lowest BCUT2D eigenvalue weighted by Crippen LogP contribution is -2.58. The van der Waals surface area contributed by atoms with E-state index in [1.165, 1.54) is 0 Å². The number of likely N-dealkylation sites (N-methyl/N-ethyl adjacent to an activating group) is 1. The molecule has 0 fully saturated rings. The van der Waals surface area contributed by atoms with Crippen molar-refractivity contribution in [2.24, 2.45) is 5.92 Å². The Balaban J connectivity index is 1.67. The van der Waals surface area contributed by atoms with E-state index in [2.05, 4.69) is 21.3 Å². The number of hydrogen-bond acceptors (Lipinski definition) is 4. The Morgan fingerprint density at radius 1 is 0.615 bits per heavy atom. The highest BCUT2D eigenvalue weighted by molar-refractivity contribution is 5.93. The van der Waals surface area contributed by atoms with Gasteiger partial charge in [0.2, 0.25) is 17.7 Å². The topological polar surface area (TPSA) is 99.3 Å². The van der Waals surface area contributed by atoms with E-state index < -0.39 is 18.1 Å². The van der Waals surface area contributed by atoms with Crippen molar-refractivity contribution in [1.82, 2.24) is 21.3 Å². The Labute approximate surface area is 231 Å². The quantitative estimate of drug-likeness (QED) is 0.259. The summed E-state index contributed by atoms with van der Waals surface area (Å²) in [5.74, 6) is -1.08. The van der Waals surface area contributed by atoms with Gasteiger partial charge in [-0.3, -0.25) is 14.4 Å². The molecule has 39 heavy (non-hydrogen) atoms. The number of amides is 3. The molecular weight excluding hydrogens is 488 g/mol. The summed E-state index contributed by atoms with van der Waals surface area (Å²) in [4.78, 5) is 39.8. The molecule has 0 unspecified atom stereocenters. The summed E-state index contributed by atoms with van der Waals surface area (Å²) < 4.78 is 0. The summed E-state index contributed by atoms with van der Waals surface area (Å²) in [6, 6.07) is 27.2. The summed E-state index contributed by atoms with van der Waals surface area (Å²) in [6.45, 7) is 4.21. The van der Waals surface area contributed by atoms with Crippen LogP contribution in [0.15, 0.2) is 91.0 Å². The molecule has 3 atom stereocenters. The second-order valence-corrected chi connectivity index (χ2v) is 10.0. The normalized spacial score (nSPS) is 13.2. The molecular formula is C32H40N4O3. The number of hydrogen-bond donors (Lipinski definition) is 4. The molecule has 0 saturated carbocycles. The average molecular weight is 529 g/mol. The van der Waals surface area contributed by atoms with Crippen molar-refractivity contribution in [2.45, 2.75) is 51.2 Å². The molecule has 0 aliphatic rings. The van der Waals surface area contributed by atoms with Crippen molar-refractivity contribution < 1.29 is 14.4 Å². The van der Waals surface area contributed by atoms with Crippen molar-refractivity contribution >= 4 is 17.7 Å². The number of nitrogens with one attached hydrogen (secondary N) is 4. The van der Waals surface area contributed by atoms with E-state index in [-0.39, 0.29) is 23.6 Å². The first-order valence-corrected chi connectivity index (χ1v) is 13.5. The highest BCUT2D eigenvalue weighted by Gasteiger charge is 2.30. The fraction of sp³-hybridized carbons (Fsp3) is 0.344. The molecule has 3 rings (SSSR count). The lowest BCUT2D eigenvalue weighted by molar-refractivity contribution is -0.133. The Bertz CT molecular complexity index is 1170. The zero-order chi connectivity index (χ0) is 28.0. The van der Waals surface area contributed by atoms with Gasteiger partial charge in [0.15, 0.2) is 0 Å². The van der Waals surface area contributed by atoms with Gasteiger partial charge < -0.3 is 21.3 Å². The third kappa shape index (κ3) is 9.69. The molecule has 3 amide bonds. The fourth-order valence-corrected chi connectivity index (χ4v) is 4.38. The van der Waals surface area contributed by atoms with Crippen LogP contribution in [0.5, 0.6) is 0 Å². The minimum Gasteiger partial charge on any atom is -0.354 e. The van der Waals surface area contributed by atoms with Crippen LogP contribution in [0.2, 0.25) is 0 Å². The maximum absolute atomic E-state index is 13.5. The highest BCUT2D eigenvalue weighted by atomic mass is 16.2. The Hall–Kier alpha value is -3.97. The van der Waals surface area contributed by atoms with Crippen LogP contribution in [0.3, 0.4) is 0 Å². The molecule has 0 heterocycles. The Morgan fingerprint density at radius 2 is 1.10 bits per heavy atom. The molecule has 7 heteroatoms. The smallest absolute Gasteiger partial charge is 0.243 e. The third-order valence-electron chi connectivity index (χ3n) is 6.67. The Kier molecular flexibility index (Phi) is 11.7. The zero-order valence-electron chi connectivity index (χ0n) is 23.0. The summed E-state index contributed by atoms with van der Waals surface area (Å²) in [7, 11) is 1.73. The average Bonchev–Trinajstić information content (AvgIpc) is 2.95. The van der Waals surface area contributed by atoms with Gasteiger partial charge in [0.05, 0.1) is 6.04 Å². The first-order valence-electron chi connectivity index (χ1n) is 13.5. The molecule has 0 radical (unpaired) electrons. The standard InChI is InChI=1S/C32H40N4O3/c1-23(2)29(36-31(38)27(33-3)21-25-15-9-5-10-16-25)32(39)35-28(22-26-17-11-6-12-18-26)30(37)34-20-19-24-13-7-4-8-14-24/h4-18,23,27-29,33H,19-22H2,1-3H3,(H,34,37)(H,35,39)(H,36,38)/t27-,28-,29-/m0/s1. The summed E-state index contributed by atoms with van der Waals surface area (Å²) in [5, 5.41) is 11.9. The minimum absolute atomic E-state index is 0.179. The van der Waals surface area contributed by atoms with Gasteiger partial charge in [-0.15, -0.1) is 0 Å². The second kappa shape index (κ2) is 15.4. The van der Waals surface area contributed by atoms with E-state index in [9.17, 15) is 14.4 Å². The summed E-state index contributed by atoms with van der Waals surface area (Å²) in [5.41, 5.74) is 3.08. The lowest BCUT2D eigenvalue weighted by atomic mass is 9.99. The van der Waals surface area contributed by atoms with Gasteiger partial charge >= 0.3 is 0 Å². The van der Waals surface area contributed by atoms with Gasteiger partial charge in [-0.05, 0) is 42.5 Å². The van der Waals surface area contributed by atoms with Gasteiger partial charge in [-0.1, -0.05) is 105 Å². The summed E-state index contributed by atoms with van der Waals surface area (Å²) in [6.07, 6.45) is 1.53. The van der Waals surface area contributed by atoms with Crippen LogP contribution in [0, 0.1) is 5.92 Å². The minimum atomic E-state index is -0.792. The maximum atomic E-state index is 13.5. The molecule has 3 aromatic carbocycles. The van der Waals surface area contributed by atoms with Crippen LogP contribution in [-0.4, -0.2) is 49.4 Å². The first kappa shape index (κ1) is 29.6. The Morgan fingerprint density at radius 3 is 1.59 bits per heavy atom. The van der Waals surface area contributed by atoms with E-state index in [1.54, 1.807) is 7.05 Å². The number of benzene rings is 3. The van der Waals surface area contributed by atoms with E-state index >= 15 is 0 Å². The molecule has 7 nitrogen and oxygen atoms in total. The predicted octanol–water partition coefficient (Wildman–Crippen LogP) is 3.04. The van der Waals surface area contributed by atoms with Crippen LogP contribution >= 0.6 is 0 Å². The van der Waals surface area contributed by atoms with Gasteiger partial charge in [0, 0.05) is 13.0 Å². The molecule has 0 bridgehead atoms. The van der Waals surface area contributed by atoms with Gasteiger partial charge in [-0.25, -0.2) is 0 Å². The second-order valence-electron chi connectivity index (χ2n) is 10.0.